The molecule has 0 aliphatic carbocycles. The van der Waals surface area contributed by atoms with Crippen LogP contribution in [0, 0.1) is 17.6 Å². The molecular weight excluding hydrogens is 489 g/mol. The van der Waals surface area contributed by atoms with Crippen molar-refractivity contribution < 1.29 is 41.0 Å². The number of ether oxygens (including phenoxy) is 2. The van der Waals surface area contributed by atoms with Gasteiger partial charge in [-0.15, -0.1) is 0 Å². The Morgan fingerprint density at radius 1 is 1.26 bits per heavy atom. The Balaban J connectivity index is 2.12. The minimum Gasteiger partial charge on any atom is -0.493 e. The van der Waals surface area contributed by atoms with Gasteiger partial charge in [-0.25, -0.2) is 4.39 Å². The van der Waals surface area contributed by atoms with Crippen LogP contribution in [0.5, 0.6) is 5.75 Å². The summed E-state index contributed by atoms with van der Waals surface area (Å²) in [6.07, 6.45) is -5.60. The standard InChI is InChI=1S/C21H19ClF5N3O4/c1-8-13(10-7-11(22)14(23)15(24)16(10)33-3)17(34-20(8,2)21(25,26)27)19(32)30-9-4-5-29-12(6-9)18(28)31/h4-8,13,17H,1-3H3,(H2,28,31)(H,29,30,32)/t8-,13+,17-,20-/m0/s1. The number of anilines is 1. The summed E-state index contributed by atoms with van der Waals surface area (Å²) in [5.41, 5.74) is 1.83. The lowest BCUT2D eigenvalue weighted by Crippen LogP contribution is -2.47. The normalized spacial score (nSPS) is 24.7. The zero-order chi connectivity index (χ0) is 25.6. The van der Waals surface area contributed by atoms with Crippen LogP contribution in [-0.4, -0.2) is 41.8 Å². The van der Waals surface area contributed by atoms with Gasteiger partial charge in [-0.05, 0) is 25.1 Å². The van der Waals surface area contributed by atoms with E-state index in [4.69, 9.17) is 26.8 Å². The van der Waals surface area contributed by atoms with Crippen LogP contribution in [0.1, 0.15) is 35.8 Å². The zero-order valence-corrected chi connectivity index (χ0v) is 18.7. The molecule has 0 bridgehead atoms. The molecule has 3 N–H and O–H groups in total. The van der Waals surface area contributed by atoms with Crippen molar-refractivity contribution in [3.05, 3.63) is 52.3 Å². The SMILES string of the molecule is COc1c([C@@H]2[C@@H](C(=O)Nc3ccnc(C(N)=O)c3)O[C@](C)(C(F)(F)F)[C@H]2C)cc(Cl)c(F)c1F. The van der Waals surface area contributed by atoms with E-state index in [0.717, 1.165) is 39.3 Å². The van der Waals surface area contributed by atoms with Crippen molar-refractivity contribution in [1.29, 1.82) is 0 Å². The number of aromatic nitrogens is 1. The van der Waals surface area contributed by atoms with E-state index in [2.05, 4.69) is 10.3 Å². The average Bonchev–Trinajstić information content (AvgIpc) is 3.04. The first-order valence-corrected chi connectivity index (χ1v) is 10.1. The Morgan fingerprint density at radius 3 is 2.47 bits per heavy atom. The number of hydrogen-bond acceptors (Lipinski definition) is 5. The molecule has 1 aliphatic heterocycles. The highest BCUT2D eigenvalue weighted by molar-refractivity contribution is 6.30. The van der Waals surface area contributed by atoms with Crippen LogP contribution in [0.25, 0.3) is 0 Å². The van der Waals surface area contributed by atoms with Crippen LogP contribution < -0.4 is 15.8 Å². The van der Waals surface area contributed by atoms with Crippen LogP contribution in [0.3, 0.4) is 0 Å². The van der Waals surface area contributed by atoms with Gasteiger partial charge in [0.1, 0.15) is 11.8 Å². The van der Waals surface area contributed by atoms with Crippen molar-refractivity contribution >= 4 is 29.1 Å². The van der Waals surface area contributed by atoms with Crippen molar-refractivity contribution in [2.24, 2.45) is 11.7 Å². The first-order chi connectivity index (χ1) is 15.7. The molecule has 1 aliphatic rings. The van der Waals surface area contributed by atoms with Crippen LogP contribution in [-0.2, 0) is 9.53 Å². The van der Waals surface area contributed by atoms with Crippen molar-refractivity contribution in [1.82, 2.24) is 4.98 Å². The van der Waals surface area contributed by atoms with Gasteiger partial charge in [0.05, 0.1) is 12.1 Å². The number of nitrogens with two attached hydrogens (primary N) is 1. The van der Waals surface area contributed by atoms with E-state index in [0.29, 0.717) is 0 Å². The molecule has 3 rings (SSSR count). The topological polar surface area (TPSA) is 104 Å². The Hall–Kier alpha value is -2.99. The number of hydrogen-bond donors (Lipinski definition) is 2. The van der Waals surface area contributed by atoms with Gasteiger partial charge in [-0.3, -0.25) is 14.6 Å². The summed E-state index contributed by atoms with van der Waals surface area (Å²) >= 11 is 5.75. The maximum Gasteiger partial charge on any atom is 0.417 e. The minimum atomic E-state index is -4.93. The molecule has 1 fully saturated rings. The third-order valence-electron chi connectivity index (χ3n) is 5.92. The highest BCUT2D eigenvalue weighted by atomic mass is 35.5. The summed E-state index contributed by atoms with van der Waals surface area (Å²) < 4.78 is 80.7. The highest BCUT2D eigenvalue weighted by Crippen LogP contribution is 2.55. The zero-order valence-electron chi connectivity index (χ0n) is 18.0. The molecule has 1 aromatic heterocycles. The second-order valence-electron chi connectivity index (χ2n) is 7.85. The highest BCUT2D eigenvalue weighted by Gasteiger charge is 2.66. The number of methoxy groups -OCH3 is 1. The van der Waals surface area contributed by atoms with Crippen LogP contribution in [0.4, 0.5) is 27.6 Å². The monoisotopic (exact) mass is 507 g/mol. The molecule has 0 spiro atoms. The van der Waals surface area contributed by atoms with E-state index in [1.165, 1.54) is 6.07 Å². The first kappa shape index (κ1) is 25.6. The fourth-order valence-corrected chi connectivity index (χ4v) is 4.13. The summed E-state index contributed by atoms with van der Waals surface area (Å²) in [5, 5.41) is 1.64. The number of alkyl halides is 3. The van der Waals surface area contributed by atoms with Gasteiger partial charge < -0.3 is 20.5 Å². The van der Waals surface area contributed by atoms with Crippen LogP contribution >= 0.6 is 11.6 Å². The van der Waals surface area contributed by atoms with Crippen molar-refractivity contribution in [3.8, 4) is 5.75 Å². The Labute approximate surface area is 195 Å². The predicted molar refractivity (Wildman–Crippen MR) is 111 cm³/mol. The van der Waals surface area contributed by atoms with Crippen molar-refractivity contribution in [2.45, 2.75) is 37.6 Å². The van der Waals surface area contributed by atoms with Crippen LogP contribution in [0.2, 0.25) is 5.02 Å². The number of carbonyl (C=O) groups is 2. The summed E-state index contributed by atoms with van der Waals surface area (Å²) in [6.45, 7) is 1.92. The predicted octanol–water partition coefficient (Wildman–Crippen LogP) is 4.20. The van der Waals surface area contributed by atoms with Crippen molar-refractivity contribution in [2.75, 3.05) is 12.4 Å². The van der Waals surface area contributed by atoms with Gasteiger partial charge >= 0.3 is 6.18 Å². The van der Waals surface area contributed by atoms with Gasteiger partial charge in [-0.2, -0.15) is 17.6 Å². The van der Waals surface area contributed by atoms with E-state index in [-0.39, 0.29) is 16.9 Å². The minimum absolute atomic E-state index is 0.000279. The molecule has 2 aromatic rings. The van der Waals surface area contributed by atoms with Gasteiger partial charge in [0.2, 0.25) is 5.82 Å². The molecule has 2 amide bonds. The molecule has 184 valence electrons. The Bertz CT molecular complexity index is 1150. The molecule has 1 saturated heterocycles. The molecule has 0 unspecified atom stereocenters. The fourth-order valence-electron chi connectivity index (χ4n) is 3.93. The number of benzene rings is 1. The molecule has 0 saturated carbocycles. The van der Waals surface area contributed by atoms with Gasteiger partial charge in [0.25, 0.3) is 11.8 Å². The van der Waals surface area contributed by atoms with Gasteiger partial charge in [0.15, 0.2) is 17.2 Å². The molecule has 7 nitrogen and oxygen atoms in total. The lowest BCUT2D eigenvalue weighted by molar-refractivity contribution is -0.272. The molecule has 13 heteroatoms. The van der Waals surface area contributed by atoms with E-state index in [1.54, 1.807) is 0 Å². The van der Waals surface area contributed by atoms with E-state index in [9.17, 15) is 31.5 Å². The van der Waals surface area contributed by atoms with Gasteiger partial charge in [-0.1, -0.05) is 18.5 Å². The third-order valence-corrected chi connectivity index (χ3v) is 6.19. The summed E-state index contributed by atoms with van der Waals surface area (Å²) in [5.74, 6) is -8.53. The Morgan fingerprint density at radius 2 is 1.91 bits per heavy atom. The second kappa shape index (κ2) is 8.99. The van der Waals surface area contributed by atoms with Crippen molar-refractivity contribution in [3.63, 3.8) is 0 Å². The lowest BCUT2D eigenvalue weighted by atomic mass is 9.77. The van der Waals surface area contributed by atoms with Crippen LogP contribution in [0.15, 0.2) is 24.4 Å². The number of pyridine rings is 1. The molecule has 2 heterocycles. The summed E-state index contributed by atoms with van der Waals surface area (Å²) in [6, 6.07) is 3.30. The quantitative estimate of drug-likeness (QED) is 0.466. The van der Waals surface area contributed by atoms with E-state index < -0.39 is 63.9 Å². The molecular formula is C21H19ClF5N3O4. The summed E-state index contributed by atoms with van der Waals surface area (Å²) in [4.78, 5) is 28.1. The number of rotatable bonds is 5. The number of amides is 2. The maximum atomic E-state index is 14.5. The first-order valence-electron chi connectivity index (χ1n) is 9.75. The maximum absolute atomic E-state index is 14.5. The molecule has 34 heavy (non-hydrogen) atoms. The Kier molecular flexibility index (Phi) is 6.78. The lowest BCUT2D eigenvalue weighted by Gasteiger charge is -2.32. The number of nitrogens with one attached hydrogen (secondary N) is 1. The fraction of sp³-hybridized carbons (Fsp3) is 0.381. The third kappa shape index (κ3) is 4.27. The smallest absolute Gasteiger partial charge is 0.417 e. The van der Waals surface area contributed by atoms with E-state index >= 15 is 0 Å². The number of carbonyl (C=O) groups excluding carboxylic acids is 2. The largest absolute Gasteiger partial charge is 0.493 e. The number of halogens is 6. The second-order valence-corrected chi connectivity index (χ2v) is 8.26. The molecule has 0 radical (unpaired) electrons. The molecule has 4 atom stereocenters. The summed E-state index contributed by atoms with van der Waals surface area (Å²) in [7, 11) is 0.996. The number of nitrogens with zero attached hydrogens (tertiary/aromatic N) is 1. The average molecular weight is 508 g/mol. The number of primary amides is 1. The van der Waals surface area contributed by atoms with E-state index in [1.807, 2.05) is 0 Å². The molecule has 1 aromatic carbocycles. The van der Waals surface area contributed by atoms with Gasteiger partial charge in [0, 0.05) is 29.3 Å².